The predicted octanol–water partition coefficient (Wildman–Crippen LogP) is 4.52. The summed E-state index contributed by atoms with van der Waals surface area (Å²) in [5, 5.41) is 4.98. The zero-order chi connectivity index (χ0) is 20.5. The van der Waals surface area contributed by atoms with Gasteiger partial charge in [-0.3, -0.25) is 0 Å². The summed E-state index contributed by atoms with van der Waals surface area (Å²) < 4.78 is 12.9. The first-order valence-corrected chi connectivity index (χ1v) is 10.4. The van der Waals surface area contributed by atoms with Crippen LogP contribution in [0.3, 0.4) is 0 Å². The van der Waals surface area contributed by atoms with Crippen molar-refractivity contribution in [2.75, 3.05) is 32.2 Å². The Morgan fingerprint density at radius 3 is 2.62 bits per heavy atom. The monoisotopic (exact) mass is 394 g/mol. The molecule has 0 radical (unpaired) electrons. The molecule has 0 saturated carbocycles. The van der Waals surface area contributed by atoms with Gasteiger partial charge in [-0.2, -0.15) is 9.61 Å². The number of piperidine rings is 1. The Bertz CT molecular complexity index is 1030. The Kier molecular flexibility index (Phi) is 5.35. The molecule has 6 heteroatoms. The summed E-state index contributed by atoms with van der Waals surface area (Å²) in [5.74, 6) is 3.31. The van der Waals surface area contributed by atoms with E-state index in [2.05, 4.69) is 31.7 Å². The van der Waals surface area contributed by atoms with Crippen LogP contribution >= 0.6 is 0 Å². The second-order valence-corrected chi connectivity index (χ2v) is 7.92. The van der Waals surface area contributed by atoms with Gasteiger partial charge in [0, 0.05) is 36.0 Å². The number of hydrogen-bond donors (Lipinski definition) is 0. The van der Waals surface area contributed by atoms with E-state index in [1.165, 1.54) is 24.2 Å². The molecule has 29 heavy (non-hydrogen) atoms. The predicted molar refractivity (Wildman–Crippen MR) is 116 cm³/mol. The summed E-state index contributed by atoms with van der Waals surface area (Å²) in [5.41, 5.74) is 5.14. The van der Waals surface area contributed by atoms with Gasteiger partial charge in [-0.15, -0.1) is 0 Å². The van der Waals surface area contributed by atoms with E-state index >= 15 is 0 Å². The lowest BCUT2D eigenvalue weighted by Crippen LogP contribution is -2.36. The number of anilines is 1. The molecule has 0 N–H and O–H groups in total. The molecule has 0 bridgehead atoms. The second-order valence-electron chi connectivity index (χ2n) is 7.92. The molecule has 1 saturated heterocycles. The Morgan fingerprint density at radius 1 is 1.14 bits per heavy atom. The third kappa shape index (κ3) is 3.52. The largest absolute Gasteiger partial charge is 0.493 e. The van der Waals surface area contributed by atoms with E-state index in [0.29, 0.717) is 17.4 Å². The molecule has 154 valence electrons. The molecule has 0 spiro atoms. The van der Waals surface area contributed by atoms with Gasteiger partial charge in [-0.05, 0) is 50.3 Å². The van der Waals surface area contributed by atoms with Crippen LogP contribution in [0.1, 0.15) is 37.9 Å². The summed E-state index contributed by atoms with van der Waals surface area (Å²) in [6.45, 7) is 8.78. The van der Waals surface area contributed by atoms with Crippen LogP contribution in [0.4, 0.5) is 5.82 Å². The number of methoxy groups -OCH3 is 2. The van der Waals surface area contributed by atoms with Crippen molar-refractivity contribution in [2.24, 2.45) is 5.92 Å². The molecular weight excluding hydrogens is 364 g/mol. The van der Waals surface area contributed by atoms with E-state index in [4.69, 9.17) is 19.6 Å². The molecule has 2 aromatic heterocycles. The molecule has 1 aliphatic rings. The Labute approximate surface area is 172 Å². The maximum absolute atomic E-state index is 5.48. The van der Waals surface area contributed by atoms with Gasteiger partial charge in [-0.25, -0.2) is 4.98 Å². The maximum atomic E-state index is 5.48. The minimum atomic E-state index is 0.692. The van der Waals surface area contributed by atoms with Gasteiger partial charge in [0.05, 0.1) is 19.9 Å². The second kappa shape index (κ2) is 7.93. The van der Waals surface area contributed by atoms with E-state index in [-0.39, 0.29) is 0 Å². The summed E-state index contributed by atoms with van der Waals surface area (Å²) in [6.07, 6.45) is 3.46. The minimum Gasteiger partial charge on any atom is -0.493 e. The topological polar surface area (TPSA) is 51.9 Å². The van der Waals surface area contributed by atoms with Crippen LogP contribution < -0.4 is 14.4 Å². The Morgan fingerprint density at radius 2 is 1.93 bits per heavy atom. The van der Waals surface area contributed by atoms with Crippen molar-refractivity contribution >= 4 is 11.5 Å². The van der Waals surface area contributed by atoms with Crippen molar-refractivity contribution in [1.29, 1.82) is 0 Å². The standard InChI is InChI=1S/C23H30N4O2/c1-6-18-16(3)24-22-13-19(17-9-10-20(28-4)21(12-17)29-5)25-27(22)23(18)26-11-7-8-15(2)14-26/h9-10,12-13,15H,6-8,11,14H2,1-5H3/t15-/m0/s1. The van der Waals surface area contributed by atoms with Crippen LogP contribution in [0.5, 0.6) is 11.5 Å². The number of aryl methyl sites for hydroxylation is 1. The number of benzene rings is 1. The number of rotatable bonds is 5. The number of fused-ring (bicyclic) bond motifs is 1. The summed E-state index contributed by atoms with van der Waals surface area (Å²) in [4.78, 5) is 7.36. The number of aromatic nitrogens is 3. The normalized spacial score (nSPS) is 17.0. The average molecular weight is 395 g/mol. The maximum Gasteiger partial charge on any atom is 0.161 e. The van der Waals surface area contributed by atoms with Crippen LogP contribution in [0.15, 0.2) is 24.3 Å². The van der Waals surface area contributed by atoms with Crippen molar-refractivity contribution in [3.63, 3.8) is 0 Å². The third-order valence-corrected chi connectivity index (χ3v) is 5.87. The van der Waals surface area contributed by atoms with Crippen LogP contribution in [0, 0.1) is 12.8 Å². The van der Waals surface area contributed by atoms with Gasteiger partial charge < -0.3 is 14.4 Å². The molecule has 1 atom stereocenters. The first kappa shape index (κ1) is 19.6. The van der Waals surface area contributed by atoms with E-state index < -0.39 is 0 Å². The molecule has 1 aromatic carbocycles. The van der Waals surface area contributed by atoms with E-state index in [1.807, 2.05) is 22.7 Å². The molecule has 0 amide bonds. The zero-order valence-electron chi connectivity index (χ0n) is 18.0. The number of nitrogens with zero attached hydrogens (tertiary/aromatic N) is 4. The Hall–Kier alpha value is -2.76. The highest BCUT2D eigenvalue weighted by atomic mass is 16.5. The lowest BCUT2D eigenvalue weighted by Gasteiger charge is -2.34. The van der Waals surface area contributed by atoms with Crippen LogP contribution in [-0.2, 0) is 6.42 Å². The van der Waals surface area contributed by atoms with Crippen LogP contribution in [0.25, 0.3) is 16.9 Å². The van der Waals surface area contributed by atoms with Gasteiger partial charge in [-0.1, -0.05) is 13.8 Å². The zero-order valence-corrected chi connectivity index (χ0v) is 18.0. The summed E-state index contributed by atoms with van der Waals surface area (Å²) in [7, 11) is 3.30. The van der Waals surface area contributed by atoms with Crippen molar-refractivity contribution in [1.82, 2.24) is 14.6 Å². The molecule has 3 aromatic rings. The highest BCUT2D eigenvalue weighted by Crippen LogP contribution is 2.34. The summed E-state index contributed by atoms with van der Waals surface area (Å²) >= 11 is 0. The fourth-order valence-electron chi connectivity index (χ4n) is 4.39. The summed E-state index contributed by atoms with van der Waals surface area (Å²) in [6, 6.07) is 7.96. The molecule has 0 unspecified atom stereocenters. The van der Waals surface area contributed by atoms with Gasteiger partial charge in [0.2, 0.25) is 0 Å². The molecule has 1 aliphatic heterocycles. The smallest absolute Gasteiger partial charge is 0.161 e. The molecule has 3 heterocycles. The molecule has 4 rings (SSSR count). The highest BCUT2D eigenvalue weighted by Gasteiger charge is 2.24. The minimum absolute atomic E-state index is 0.692. The molecule has 0 aliphatic carbocycles. The quantitative estimate of drug-likeness (QED) is 0.637. The highest BCUT2D eigenvalue weighted by molar-refractivity contribution is 5.69. The van der Waals surface area contributed by atoms with E-state index in [1.54, 1.807) is 14.2 Å². The number of ether oxygens (including phenoxy) is 2. The lowest BCUT2D eigenvalue weighted by molar-refractivity contribution is 0.355. The Balaban J connectivity index is 1.86. The van der Waals surface area contributed by atoms with Gasteiger partial charge >= 0.3 is 0 Å². The molecule has 1 fully saturated rings. The molecule has 6 nitrogen and oxygen atoms in total. The average Bonchev–Trinajstić information content (AvgIpc) is 3.15. The van der Waals surface area contributed by atoms with Gasteiger partial charge in [0.15, 0.2) is 17.1 Å². The third-order valence-electron chi connectivity index (χ3n) is 5.87. The van der Waals surface area contributed by atoms with Crippen LogP contribution in [-0.4, -0.2) is 41.9 Å². The first-order valence-electron chi connectivity index (χ1n) is 10.4. The van der Waals surface area contributed by atoms with Crippen molar-refractivity contribution in [3.8, 4) is 22.8 Å². The number of hydrogen-bond acceptors (Lipinski definition) is 5. The van der Waals surface area contributed by atoms with E-state index in [0.717, 1.165) is 42.1 Å². The first-order chi connectivity index (χ1) is 14.0. The van der Waals surface area contributed by atoms with Crippen molar-refractivity contribution in [2.45, 2.75) is 40.0 Å². The van der Waals surface area contributed by atoms with Crippen molar-refractivity contribution < 1.29 is 9.47 Å². The van der Waals surface area contributed by atoms with Gasteiger partial charge in [0.25, 0.3) is 0 Å². The van der Waals surface area contributed by atoms with Crippen LogP contribution in [0.2, 0.25) is 0 Å². The SMILES string of the molecule is CCc1c(C)nc2cc(-c3ccc(OC)c(OC)c3)nn2c1N1CCC[C@H](C)C1. The fraction of sp³-hybridized carbons (Fsp3) is 0.478. The lowest BCUT2D eigenvalue weighted by atomic mass is 9.99. The van der Waals surface area contributed by atoms with E-state index in [9.17, 15) is 0 Å². The van der Waals surface area contributed by atoms with Crippen molar-refractivity contribution in [3.05, 3.63) is 35.5 Å². The molecular formula is C23H30N4O2. The van der Waals surface area contributed by atoms with Gasteiger partial charge in [0.1, 0.15) is 5.82 Å². The fourth-order valence-corrected chi connectivity index (χ4v) is 4.39.